The molecule has 3 aromatic heterocycles. The van der Waals surface area contributed by atoms with Crippen molar-refractivity contribution in [3.05, 3.63) is 66.2 Å². The highest BCUT2D eigenvalue weighted by Gasteiger charge is 2.20. The van der Waals surface area contributed by atoms with Crippen molar-refractivity contribution in [1.82, 2.24) is 29.5 Å². The first-order valence-electron chi connectivity index (χ1n) is 8.17. The lowest BCUT2D eigenvalue weighted by Gasteiger charge is -2.02. The molecule has 0 unspecified atom stereocenters. The maximum Gasteiger partial charge on any atom is 0.252 e. The summed E-state index contributed by atoms with van der Waals surface area (Å²) < 4.78 is 2.41. The van der Waals surface area contributed by atoms with Crippen molar-refractivity contribution >= 4 is 11.5 Å². The summed E-state index contributed by atoms with van der Waals surface area (Å²) in [6.07, 6.45) is 4.32. The topological polar surface area (TPSA) is 154 Å². The zero-order chi connectivity index (χ0) is 20.2. The van der Waals surface area contributed by atoms with Crippen LogP contribution in [0.1, 0.15) is 11.3 Å². The molecule has 4 rings (SSSR count). The van der Waals surface area contributed by atoms with Crippen LogP contribution < -0.4 is 0 Å². The first-order valence-corrected chi connectivity index (χ1v) is 8.17. The second-order valence-electron chi connectivity index (χ2n) is 5.53. The number of aromatic hydroxyl groups is 1. The van der Waals surface area contributed by atoms with Crippen LogP contribution in [0.5, 0.6) is 5.88 Å². The van der Waals surface area contributed by atoms with E-state index in [9.17, 15) is 15.6 Å². The van der Waals surface area contributed by atoms with Crippen LogP contribution in [0.2, 0.25) is 0 Å². The number of aromatic nitrogens is 6. The molecule has 0 aliphatic rings. The maximum atomic E-state index is 10.5. The molecule has 3 heterocycles. The molecule has 0 amide bonds. The van der Waals surface area contributed by atoms with Gasteiger partial charge in [-0.25, -0.2) is 9.97 Å². The highest BCUT2D eigenvalue weighted by Crippen LogP contribution is 2.34. The Hall–Kier alpha value is -4.90. The lowest BCUT2D eigenvalue weighted by Crippen LogP contribution is -2.01. The molecule has 0 spiro atoms. The number of para-hydroxylation sites is 1. The van der Waals surface area contributed by atoms with Gasteiger partial charge < -0.3 is 5.11 Å². The summed E-state index contributed by atoms with van der Waals surface area (Å²) in [5.74, 6) is -0.126. The number of nitrogens with zero attached hydrogens (tertiary/aromatic N) is 10. The van der Waals surface area contributed by atoms with Gasteiger partial charge in [0, 0.05) is 12.4 Å². The number of hydrogen-bond donors (Lipinski definition) is 1. The van der Waals surface area contributed by atoms with Gasteiger partial charge in [0.25, 0.3) is 5.95 Å². The second-order valence-corrected chi connectivity index (χ2v) is 5.53. The maximum absolute atomic E-state index is 10.5. The van der Waals surface area contributed by atoms with Crippen molar-refractivity contribution in [3.63, 3.8) is 0 Å². The molecular weight excluding hydrogens is 372 g/mol. The van der Waals surface area contributed by atoms with E-state index in [2.05, 4.69) is 30.4 Å². The largest absolute Gasteiger partial charge is 0.492 e. The quantitative estimate of drug-likeness (QED) is 0.532. The summed E-state index contributed by atoms with van der Waals surface area (Å²) in [6.45, 7) is 0. The van der Waals surface area contributed by atoms with Gasteiger partial charge in [0.15, 0.2) is 17.2 Å². The summed E-state index contributed by atoms with van der Waals surface area (Å²) >= 11 is 0. The highest BCUT2D eigenvalue weighted by atomic mass is 16.3. The summed E-state index contributed by atoms with van der Waals surface area (Å²) in [6, 6.07) is 14.2. The van der Waals surface area contributed by atoms with Gasteiger partial charge in [0.1, 0.15) is 17.7 Å². The smallest absolute Gasteiger partial charge is 0.252 e. The molecule has 0 saturated carbocycles. The summed E-state index contributed by atoms with van der Waals surface area (Å²) in [4.78, 5) is 8.13. The zero-order valence-corrected chi connectivity index (χ0v) is 14.6. The Morgan fingerprint density at radius 1 is 0.931 bits per heavy atom. The Bertz CT molecular complexity index is 1280. The SMILES string of the molecule is N#Cc1cnn(-c2ncccn2)c1N=Nc1c(C#N)nn(-c2ccccc2)c1O. The normalized spacial score (nSPS) is 10.7. The summed E-state index contributed by atoms with van der Waals surface area (Å²) in [5.41, 5.74) is 0.399. The van der Waals surface area contributed by atoms with E-state index in [0.29, 0.717) is 5.69 Å². The number of rotatable bonds is 4. The number of azo groups is 1. The minimum atomic E-state index is -0.364. The van der Waals surface area contributed by atoms with Gasteiger partial charge in [-0.1, -0.05) is 18.2 Å². The number of nitriles is 2. The van der Waals surface area contributed by atoms with Gasteiger partial charge >= 0.3 is 0 Å². The molecule has 11 heteroatoms. The third kappa shape index (κ3) is 3.15. The van der Waals surface area contributed by atoms with Crippen LogP contribution >= 0.6 is 0 Å². The Morgan fingerprint density at radius 3 is 2.38 bits per heavy atom. The predicted molar refractivity (Wildman–Crippen MR) is 98.0 cm³/mol. The van der Waals surface area contributed by atoms with E-state index in [0.717, 1.165) is 0 Å². The van der Waals surface area contributed by atoms with E-state index in [4.69, 9.17) is 0 Å². The average molecular weight is 382 g/mol. The molecule has 0 atom stereocenters. The van der Waals surface area contributed by atoms with Gasteiger partial charge in [0.2, 0.25) is 5.88 Å². The van der Waals surface area contributed by atoms with Crippen LogP contribution in [0.3, 0.4) is 0 Å². The molecular formula is C18H10N10O. The molecule has 0 bridgehead atoms. The van der Waals surface area contributed by atoms with Gasteiger partial charge in [0.05, 0.1) is 11.9 Å². The van der Waals surface area contributed by atoms with Crippen LogP contribution in [0.25, 0.3) is 11.6 Å². The highest BCUT2D eigenvalue weighted by molar-refractivity contribution is 5.59. The van der Waals surface area contributed by atoms with E-state index >= 15 is 0 Å². The van der Waals surface area contributed by atoms with Crippen molar-refractivity contribution in [1.29, 1.82) is 10.5 Å². The fraction of sp³-hybridized carbons (Fsp3) is 0. The van der Waals surface area contributed by atoms with Crippen LogP contribution in [0, 0.1) is 22.7 Å². The van der Waals surface area contributed by atoms with Gasteiger partial charge in [-0.3, -0.25) is 0 Å². The van der Waals surface area contributed by atoms with Crippen molar-refractivity contribution in [3.8, 4) is 29.7 Å². The fourth-order valence-corrected chi connectivity index (χ4v) is 2.48. The molecule has 0 radical (unpaired) electrons. The van der Waals surface area contributed by atoms with Crippen molar-refractivity contribution in [2.45, 2.75) is 0 Å². The Kier molecular flexibility index (Phi) is 4.46. The molecule has 0 saturated heterocycles. The second kappa shape index (κ2) is 7.38. The monoisotopic (exact) mass is 382 g/mol. The van der Waals surface area contributed by atoms with Gasteiger partial charge in [-0.2, -0.15) is 30.1 Å². The number of hydrogen-bond acceptors (Lipinski definition) is 9. The van der Waals surface area contributed by atoms with E-state index in [1.54, 1.807) is 30.3 Å². The summed E-state index contributed by atoms with van der Waals surface area (Å²) in [5, 5.41) is 45.3. The molecule has 29 heavy (non-hydrogen) atoms. The first kappa shape index (κ1) is 17.5. The van der Waals surface area contributed by atoms with Gasteiger partial charge in [-0.05, 0) is 18.2 Å². The lowest BCUT2D eigenvalue weighted by atomic mass is 10.3. The van der Waals surface area contributed by atoms with E-state index in [1.165, 1.54) is 28.0 Å². The van der Waals surface area contributed by atoms with Crippen LogP contribution in [0.15, 0.2) is 65.2 Å². The third-order valence-corrected chi connectivity index (χ3v) is 3.79. The standard InChI is InChI=1S/C18H10N10O/c19-9-12-11-23-28(18-21-7-4-8-22-18)16(12)25-24-15-14(10-20)26-27(17(15)29)13-5-2-1-3-6-13/h1-8,11,29H. The molecule has 138 valence electrons. The van der Waals surface area contributed by atoms with Crippen LogP contribution in [0.4, 0.5) is 11.5 Å². The molecule has 4 aromatic rings. The van der Waals surface area contributed by atoms with Crippen LogP contribution in [-0.2, 0) is 0 Å². The molecule has 1 N–H and O–H groups in total. The summed E-state index contributed by atoms with van der Waals surface area (Å²) in [7, 11) is 0. The minimum absolute atomic E-state index is 0.0504. The average Bonchev–Trinajstić information content (AvgIpc) is 3.33. The lowest BCUT2D eigenvalue weighted by molar-refractivity contribution is 0.434. The van der Waals surface area contributed by atoms with E-state index < -0.39 is 0 Å². The molecule has 1 aromatic carbocycles. The molecule has 0 aliphatic heterocycles. The van der Waals surface area contributed by atoms with Crippen molar-refractivity contribution < 1.29 is 5.11 Å². The molecule has 0 aliphatic carbocycles. The van der Waals surface area contributed by atoms with E-state index in [-0.39, 0.29) is 34.6 Å². The third-order valence-electron chi connectivity index (χ3n) is 3.79. The van der Waals surface area contributed by atoms with Gasteiger partial charge in [-0.15, -0.1) is 10.2 Å². The minimum Gasteiger partial charge on any atom is -0.492 e. The Labute approximate surface area is 163 Å². The number of benzene rings is 1. The Balaban J connectivity index is 1.80. The van der Waals surface area contributed by atoms with Crippen LogP contribution in [-0.4, -0.2) is 34.6 Å². The first-order chi connectivity index (χ1) is 14.2. The zero-order valence-electron chi connectivity index (χ0n) is 14.6. The predicted octanol–water partition coefficient (Wildman–Crippen LogP) is 2.71. The van der Waals surface area contributed by atoms with Crippen molar-refractivity contribution in [2.75, 3.05) is 0 Å². The molecule has 11 nitrogen and oxygen atoms in total. The van der Waals surface area contributed by atoms with Crippen molar-refractivity contribution in [2.24, 2.45) is 10.2 Å². The fourth-order valence-electron chi connectivity index (χ4n) is 2.48. The molecule has 0 fully saturated rings. The van der Waals surface area contributed by atoms with E-state index in [1.807, 2.05) is 18.2 Å². The Morgan fingerprint density at radius 2 is 1.69 bits per heavy atom.